The second-order valence-electron chi connectivity index (χ2n) is 8.10. The van der Waals surface area contributed by atoms with Crippen LogP contribution in [0.25, 0.3) is 0 Å². The topological polar surface area (TPSA) is 53.6 Å². The Bertz CT molecular complexity index is 890. The van der Waals surface area contributed by atoms with Gasteiger partial charge < -0.3 is 20.3 Å². The van der Waals surface area contributed by atoms with Crippen molar-refractivity contribution in [2.45, 2.75) is 39.7 Å². The monoisotopic (exact) mass is 425 g/mol. The van der Waals surface area contributed by atoms with E-state index in [2.05, 4.69) is 53.6 Å². The van der Waals surface area contributed by atoms with Gasteiger partial charge in [0, 0.05) is 24.5 Å². The summed E-state index contributed by atoms with van der Waals surface area (Å²) in [6.45, 7) is 8.65. The molecule has 2 N–H and O–H groups in total. The zero-order chi connectivity index (χ0) is 21.7. The van der Waals surface area contributed by atoms with E-state index in [-0.39, 0.29) is 12.0 Å². The number of nitrogens with one attached hydrogen (secondary N) is 2. The summed E-state index contributed by atoms with van der Waals surface area (Å²) < 4.78 is 4.80. The van der Waals surface area contributed by atoms with Gasteiger partial charge in [0.15, 0.2) is 5.11 Å². The molecule has 1 fully saturated rings. The highest BCUT2D eigenvalue weighted by Gasteiger charge is 2.16. The molecule has 2 aromatic carbocycles. The average Bonchev–Trinajstić information content (AvgIpc) is 2.75. The Morgan fingerprint density at radius 2 is 1.83 bits per heavy atom. The highest BCUT2D eigenvalue weighted by atomic mass is 32.1. The van der Waals surface area contributed by atoms with Gasteiger partial charge in [-0.15, -0.1) is 0 Å². The lowest BCUT2D eigenvalue weighted by Crippen LogP contribution is -2.33. The third-order valence-electron chi connectivity index (χ3n) is 5.80. The highest BCUT2D eigenvalue weighted by molar-refractivity contribution is 7.80. The summed E-state index contributed by atoms with van der Waals surface area (Å²) in [7, 11) is 1.38. The minimum Gasteiger partial charge on any atom is -0.465 e. The van der Waals surface area contributed by atoms with Crippen LogP contribution in [0.4, 0.5) is 11.4 Å². The molecule has 0 unspecified atom stereocenters. The third-order valence-corrected chi connectivity index (χ3v) is 6.02. The Hall–Kier alpha value is -2.60. The summed E-state index contributed by atoms with van der Waals surface area (Å²) in [6.07, 6.45) is 2.52. The maximum atomic E-state index is 11.8. The predicted molar refractivity (Wildman–Crippen MR) is 127 cm³/mol. The molecule has 0 aliphatic carbocycles. The van der Waals surface area contributed by atoms with Gasteiger partial charge in [-0.25, -0.2) is 4.79 Å². The number of esters is 1. The number of methoxy groups -OCH3 is 1. The van der Waals surface area contributed by atoms with Gasteiger partial charge in [-0.1, -0.05) is 25.1 Å². The third kappa shape index (κ3) is 5.51. The molecule has 5 nitrogen and oxygen atoms in total. The molecule has 1 heterocycles. The molecular weight excluding hydrogens is 394 g/mol. The van der Waals surface area contributed by atoms with Crippen LogP contribution < -0.4 is 15.5 Å². The number of aryl methyl sites for hydroxylation is 1. The van der Waals surface area contributed by atoms with E-state index in [1.54, 1.807) is 12.1 Å². The molecule has 2 aromatic rings. The van der Waals surface area contributed by atoms with Gasteiger partial charge in [-0.2, -0.15) is 0 Å². The van der Waals surface area contributed by atoms with Crippen molar-refractivity contribution in [3.05, 3.63) is 59.2 Å². The summed E-state index contributed by atoms with van der Waals surface area (Å²) >= 11 is 5.50. The van der Waals surface area contributed by atoms with Crippen LogP contribution in [-0.4, -0.2) is 31.3 Å². The molecule has 1 aliphatic heterocycles. The Morgan fingerprint density at radius 3 is 2.47 bits per heavy atom. The summed E-state index contributed by atoms with van der Waals surface area (Å²) in [5, 5.41) is 7.05. The maximum Gasteiger partial charge on any atom is 0.337 e. The number of anilines is 2. The van der Waals surface area contributed by atoms with Crippen molar-refractivity contribution in [1.82, 2.24) is 5.32 Å². The molecule has 30 heavy (non-hydrogen) atoms. The first kappa shape index (κ1) is 22.1. The normalized spacial score (nSPS) is 15.4. The first-order chi connectivity index (χ1) is 14.4. The minimum atomic E-state index is -0.367. The van der Waals surface area contributed by atoms with Gasteiger partial charge in [0.1, 0.15) is 0 Å². The molecule has 3 rings (SSSR count). The van der Waals surface area contributed by atoms with E-state index in [1.165, 1.54) is 31.2 Å². The number of carbonyl (C=O) groups is 1. The van der Waals surface area contributed by atoms with E-state index in [1.807, 2.05) is 13.0 Å². The van der Waals surface area contributed by atoms with Crippen molar-refractivity contribution in [3.8, 4) is 0 Å². The number of hydrogen-bond donors (Lipinski definition) is 2. The fourth-order valence-electron chi connectivity index (χ4n) is 3.68. The van der Waals surface area contributed by atoms with Crippen LogP contribution in [0.15, 0.2) is 42.5 Å². The lowest BCUT2D eigenvalue weighted by Gasteiger charge is -2.32. The largest absolute Gasteiger partial charge is 0.465 e. The van der Waals surface area contributed by atoms with Crippen LogP contribution in [0.5, 0.6) is 0 Å². The van der Waals surface area contributed by atoms with Crippen molar-refractivity contribution in [2.75, 3.05) is 30.4 Å². The van der Waals surface area contributed by atoms with Crippen molar-refractivity contribution < 1.29 is 9.53 Å². The lowest BCUT2D eigenvalue weighted by molar-refractivity contribution is 0.0601. The number of thiocarbonyl (C=S) groups is 1. The van der Waals surface area contributed by atoms with Crippen LogP contribution in [-0.2, 0) is 4.74 Å². The lowest BCUT2D eigenvalue weighted by atomic mass is 9.98. The quantitative estimate of drug-likeness (QED) is 0.516. The van der Waals surface area contributed by atoms with Gasteiger partial charge in [0.05, 0.1) is 18.7 Å². The Labute approximate surface area is 184 Å². The number of piperidine rings is 1. The molecule has 160 valence electrons. The molecule has 1 aliphatic rings. The number of ether oxygens (including phenoxy) is 1. The molecule has 0 spiro atoms. The first-order valence-corrected chi connectivity index (χ1v) is 10.9. The van der Waals surface area contributed by atoms with Gasteiger partial charge in [0.25, 0.3) is 0 Å². The van der Waals surface area contributed by atoms with Gasteiger partial charge >= 0.3 is 5.97 Å². The number of carbonyl (C=O) groups excluding carboxylic acids is 1. The summed E-state index contributed by atoms with van der Waals surface area (Å²) in [4.78, 5) is 14.2. The molecule has 6 heteroatoms. The molecule has 0 radical (unpaired) electrons. The summed E-state index contributed by atoms with van der Waals surface area (Å²) in [6, 6.07) is 14.2. The second-order valence-corrected chi connectivity index (χ2v) is 8.51. The van der Waals surface area contributed by atoms with E-state index in [9.17, 15) is 4.79 Å². The van der Waals surface area contributed by atoms with Crippen LogP contribution in [0.3, 0.4) is 0 Å². The zero-order valence-electron chi connectivity index (χ0n) is 18.2. The summed E-state index contributed by atoms with van der Waals surface area (Å²) in [5.41, 5.74) is 4.74. The Kier molecular flexibility index (Phi) is 7.32. The van der Waals surface area contributed by atoms with Crippen LogP contribution in [0.1, 0.15) is 54.2 Å². The van der Waals surface area contributed by atoms with Gasteiger partial charge in [-0.3, -0.25) is 0 Å². The fraction of sp³-hybridized carbons (Fsp3) is 0.417. The molecule has 0 amide bonds. The number of rotatable bonds is 5. The smallest absolute Gasteiger partial charge is 0.337 e. The van der Waals surface area contributed by atoms with Crippen molar-refractivity contribution in [3.63, 3.8) is 0 Å². The first-order valence-electron chi connectivity index (χ1n) is 10.5. The van der Waals surface area contributed by atoms with E-state index < -0.39 is 0 Å². The van der Waals surface area contributed by atoms with Crippen molar-refractivity contribution >= 4 is 34.7 Å². The minimum absolute atomic E-state index is 0.0597. The number of nitrogens with zero attached hydrogens (tertiary/aromatic N) is 1. The highest BCUT2D eigenvalue weighted by Crippen LogP contribution is 2.25. The molecule has 0 aromatic heterocycles. The van der Waals surface area contributed by atoms with Gasteiger partial charge in [-0.05, 0) is 80.2 Å². The fourth-order valence-corrected chi connectivity index (χ4v) is 3.97. The van der Waals surface area contributed by atoms with E-state index in [0.717, 1.165) is 30.3 Å². The zero-order valence-corrected chi connectivity index (χ0v) is 19.0. The van der Waals surface area contributed by atoms with Crippen LogP contribution in [0.2, 0.25) is 0 Å². The van der Waals surface area contributed by atoms with E-state index >= 15 is 0 Å². The van der Waals surface area contributed by atoms with Crippen molar-refractivity contribution in [1.29, 1.82) is 0 Å². The van der Waals surface area contributed by atoms with Crippen LogP contribution in [0, 0.1) is 12.8 Å². The molecule has 1 saturated heterocycles. The standard InChI is InChI=1S/C24H31N3O2S/c1-16-11-13-27(14-12-16)21-9-7-19(8-10-21)18(3)25-24(30)26-22-15-20(23(28)29-4)6-5-17(22)2/h5-10,15-16,18H,11-14H2,1-4H3,(H2,25,26,30)/t18-/m1/s1. The summed E-state index contributed by atoms with van der Waals surface area (Å²) in [5.74, 6) is 0.462. The Balaban J connectivity index is 1.60. The van der Waals surface area contributed by atoms with E-state index in [4.69, 9.17) is 17.0 Å². The SMILES string of the molecule is COC(=O)c1ccc(C)c(NC(=S)N[C@H](C)c2ccc(N3CCC(C)CC3)cc2)c1. The predicted octanol–water partition coefficient (Wildman–Crippen LogP) is 5.07. The number of benzene rings is 2. The molecular formula is C24H31N3O2S. The molecule has 1 atom stereocenters. The number of hydrogen-bond acceptors (Lipinski definition) is 4. The second kappa shape index (κ2) is 9.94. The van der Waals surface area contributed by atoms with Gasteiger partial charge in [0.2, 0.25) is 0 Å². The van der Waals surface area contributed by atoms with Crippen LogP contribution >= 0.6 is 12.2 Å². The maximum absolute atomic E-state index is 11.8. The Morgan fingerprint density at radius 1 is 1.17 bits per heavy atom. The molecule has 0 saturated carbocycles. The average molecular weight is 426 g/mol. The van der Waals surface area contributed by atoms with Crippen molar-refractivity contribution in [2.24, 2.45) is 5.92 Å². The van der Waals surface area contributed by atoms with E-state index in [0.29, 0.717) is 10.7 Å². The molecule has 0 bridgehead atoms.